The molecule has 0 aromatic heterocycles. The molecule has 1 aromatic rings. The summed E-state index contributed by atoms with van der Waals surface area (Å²) in [5, 5.41) is 3.21. The van der Waals surface area contributed by atoms with Crippen molar-refractivity contribution in [3.63, 3.8) is 0 Å². The number of aryl methyl sites for hydroxylation is 1. The molecule has 1 saturated heterocycles. The van der Waals surface area contributed by atoms with Crippen LogP contribution in [0.5, 0.6) is 0 Å². The van der Waals surface area contributed by atoms with Crippen molar-refractivity contribution in [2.24, 2.45) is 4.99 Å². The van der Waals surface area contributed by atoms with Crippen molar-refractivity contribution >= 4 is 35.3 Å². The molecule has 1 aliphatic carbocycles. The van der Waals surface area contributed by atoms with Crippen LogP contribution < -0.4 is 11.1 Å². The molecule has 1 atom stereocenters. The van der Waals surface area contributed by atoms with Crippen LogP contribution in [0.1, 0.15) is 24.0 Å². The lowest BCUT2D eigenvalue weighted by atomic mass is 9.77. The van der Waals surface area contributed by atoms with Crippen LogP contribution in [0.25, 0.3) is 0 Å². The lowest BCUT2D eigenvalue weighted by Gasteiger charge is -2.45. The number of nitrogens with zero attached hydrogens (tertiary/aromatic N) is 2. The Balaban J connectivity index is 2.17. The maximum absolute atomic E-state index is 12.6. The number of aliphatic imine (C=N–C) groups is 1. The monoisotopic (exact) mass is 334 g/mol. The molecule has 2 aliphatic rings. The number of nitrogens with two attached hydrogens (primary N) is 1. The summed E-state index contributed by atoms with van der Waals surface area (Å²) < 4.78 is 26.3. The van der Waals surface area contributed by atoms with Crippen LogP contribution in [0.15, 0.2) is 23.2 Å². The highest BCUT2D eigenvalue weighted by atomic mass is 32.2. The average molecular weight is 334 g/mol. The SMILES string of the molecule is BC(=O)N=C1N[C@@]2(CCCc3ccc(N)cc32)CS(=O)(=O)N1C. The normalized spacial score (nSPS) is 27.5. The van der Waals surface area contributed by atoms with Gasteiger partial charge in [0, 0.05) is 12.7 Å². The molecule has 1 spiro atoms. The van der Waals surface area contributed by atoms with E-state index in [9.17, 15) is 13.2 Å². The molecule has 9 heteroatoms. The Morgan fingerprint density at radius 2 is 2.22 bits per heavy atom. The van der Waals surface area contributed by atoms with E-state index in [0.29, 0.717) is 12.1 Å². The van der Waals surface area contributed by atoms with Gasteiger partial charge in [-0.05, 0) is 42.5 Å². The first-order chi connectivity index (χ1) is 10.7. The molecule has 0 bridgehead atoms. The number of rotatable bonds is 0. The van der Waals surface area contributed by atoms with Crippen molar-refractivity contribution in [1.82, 2.24) is 9.62 Å². The van der Waals surface area contributed by atoms with Crippen LogP contribution in [0.3, 0.4) is 0 Å². The number of nitrogen functional groups attached to an aromatic ring is 1. The number of carbonyl (C=O) groups is 1. The van der Waals surface area contributed by atoms with E-state index in [1.807, 2.05) is 18.2 Å². The third-order valence-electron chi connectivity index (χ3n) is 4.46. The standard InChI is InChI=1S/C14H19BN4O3S/c1-19-13(17-12(15)20)18-14(8-23(19,21)22)6-2-3-9-4-5-10(16)7-11(9)14/h4-5,7H,2-3,6,8,15-16H2,1H3,(H,17,18,20)/t14-/m0/s1. The van der Waals surface area contributed by atoms with Gasteiger partial charge in [-0.25, -0.2) is 12.7 Å². The molecule has 1 amide bonds. The van der Waals surface area contributed by atoms with Crippen molar-refractivity contribution in [2.45, 2.75) is 24.8 Å². The van der Waals surface area contributed by atoms with E-state index in [2.05, 4.69) is 10.3 Å². The number of carbonyl (C=O) groups excluding carboxylic acids is 1. The van der Waals surface area contributed by atoms with Gasteiger partial charge in [0.05, 0.1) is 11.3 Å². The largest absolute Gasteiger partial charge is 0.399 e. The van der Waals surface area contributed by atoms with E-state index in [-0.39, 0.29) is 11.7 Å². The summed E-state index contributed by atoms with van der Waals surface area (Å²) in [7, 11) is -0.875. The second-order valence-corrected chi connectivity index (χ2v) is 8.16. The number of hydrogen-bond donors (Lipinski definition) is 2. The van der Waals surface area contributed by atoms with Crippen LogP contribution in [0.4, 0.5) is 10.5 Å². The lowest BCUT2D eigenvalue weighted by molar-refractivity contribution is 0.266. The van der Waals surface area contributed by atoms with Gasteiger partial charge in [0.15, 0.2) is 5.81 Å². The van der Waals surface area contributed by atoms with Gasteiger partial charge in [-0.15, -0.1) is 0 Å². The van der Waals surface area contributed by atoms with Gasteiger partial charge in [-0.2, -0.15) is 4.99 Å². The second-order valence-electron chi connectivity index (χ2n) is 6.16. The van der Waals surface area contributed by atoms with Crippen molar-refractivity contribution in [2.75, 3.05) is 18.5 Å². The molecule has 3 rings (SSSR count). The minimum absolute atomic E-state index is 0.0685. The molecule has 23 heavy (non-hydrogen) atoms. The summed E-state index contributed by atoms with van der Waals surface area (Å²) in [6, 6.07) is 5.60. The van der Waals surface area contributed by atoms with Crippen molar-refractivity contribution in [3.05, 3.63) is 29.3 Å². The average Bonchev–Trinajstić information content (AvgIpc) is 2.45. The van der Waals surface area contributed by atoms with E-state index >= 15 is 0 Å². The predicted octanol–water partition coefficient (Wildman–Crippen LogP) is -0.226. The van der Waals surface area contributed by atoms with Gasteiger partial charge < -0.3 is 11.1 Å². The first-order valence-corrected chi connectivity index (χ1v) is 9.07. The zero-order chi connectivity index (χ0) is 16.8. The number of nitrogens with one attached hydrogen (secondary N) is 1. The molecule has 0 unspecified atom stereocenters. The van der Waals surface area contributed by atoms with Crippen LogP contribution in [-0.4, -0.2) is 45.1 Å². The van der Waals surface area contributed by atoms with E-state index in [1.54, 1.807) is 0 Å². The summed E-state index contributed by atoms with van der Waals surface area (Å²) in [5.41, 5.74) is 7.68. The Bertz CT molecular complexity index is 808. The highest BCUT2D eigenvalue weighted by Gasteiger charge is 2.47. The van der Waals surface area contributed by atoms with E-state index in [4.69, 9.17) is 5.73 Å². The lowest BCUT2D eigenvalue weighted by Crippen LogP contribution is -2.63. The Hall–Kier alpha value is -2.03. The molecule has 7 nitrogen and oxygen atoms in total. The second kappa shape index (κ2) is 5.26. The highest BCUT2D eigenvalue weighted by molar-refractivity contribution is 7.89. The van der Waals surface area contributed by atoms with Crippen molar-refractivity contribution in [1.29, 1.82) is 0 Å². The fraction of sp³-hybridized carbons (Fsp3) is 0.429. The maximum atomic E-state index is 12.6. The van der Waals surface area contributed by atoms with Crippen LogP contribution in [0, 0.1) is 0 Å². The molecule has 1 aromatic carbocycles. The fourth-order valence-corrected chi connectivity index (χ4v) is 4.91. The first kappa shape index (κ1) is 15.9. The number of fused-ring (bicyclic) bond motifs is 2. The number of guanidine groups is 1. The van der Waals surface area contributed by atoms with Gasteiger partial charge >= 0.3 is 0 Å². The zero-order valence-electron chi connectivity index (χ0n) is 13.2. The van der Waals surface area contributed by atoms with Gasteiger partial charge in [-0.1, -0.05) is 6.07 Å². The quantitative estimate of drug-likeness (QED) is 0.504. The van der Waals surface area contributed by atoms with Crippen LogP contribution in [0.2, 0.25) is 0 Å². The van der Waals surface area contributed by atoms with E-state index in [0.717, 1.165) is 28.3 Å². The number of amides is 1. The summed E-state index contributed by atoms with van der Waals surface area (Å²) in [6.07, 6.45) is 2.39. The number of hydrogen-bond acceptors (Lipinski definition) is 4. The van der Waals surface area contributed by atoms with Gasteiger partial charge in [-0.3, -0.25) is 4.79 Å². The van der Waals surface area contributed by atoms with Gasteiger partial charge in [0.2, 0.25) is 23.8 Å². The van der Waals surface area contributed by atoms with E-state index in [1.165, 1.54) is 14.9 Å². The number of anilines is 1. The zero-order valence-corrected chi connectivity index (χ0v) is 14.0. The molecular weight excluding hydrogens is 315 g/mol. The number of sulfonamides is 1. The smallest absolute Gasteiger partial charge is 0.239 e. The Kier molecular flexibility index (Phi) is 3.63. The topological polar surface area (TPSA) is 105 Å². The minimum atomic E-state index is -3.57. The Morgan fingerprint density at radius 1 is 1.48 bits per heavy atom. The fourth-order valence-electron chi connectivity index (χ4n) is 3.37. The van der Waals surface area contributed by atoms with Crippen LogP contribution >= 0.6 is 0 Å². The Morgan fingerprint density at radius 3 is 2.91 bits per heavy atom. The van der Waals surface area contributed by atoms with Crippen molar-refractivity contribution < 1.29 is 13.2 Å². The third kappa shape index (κ3) is 2.69. The molecule has 0 saturated carbocycles. The number of benzene rings is 1. The molecule has 1 fully saturated rings. The van der Waals surface area contributed by atoms with Gasteiger partial charge in [0.1, 0.15) is 0 Å². The molecule has 0 radical (unpaired) electrons. The Labute approximate surface area is 136 Å². The first-order valence-electron chi connectivity index (χ1n) is 7.46. The van der Waals surface area contributed by atoms with Crippen LogP contribution in [-0.2, 0) is 22.0 Å². The molecular formula is C14H19BN4O3S. The van der Waals surface area contributed by atoms with Crippen molar-refractivity contribution in [3.8, 4) is 0 Å². The van der Waals surface area contributed by atoms with Gasteiger partial charge in [0.25, 0.3) is 0 Å². The van der Waals surface area contributed by atoms with E-state index < -0.39 is 21.4 Å². The summed E-state index contributed by atoms with van der Waals surface area (Å²) in [5.74, 6) is -0.460. The summed E-state index contributed by atoms with van der Waals surface area (Å²) >= 11 is 0. The summed E-state index contributed by atoms with van der Waals surface area (Å²) in [4.78, 5) is 15.2. The molecule has 3 N–H and O–H groups in total. The molecule has 122 valence electrons. The maximum Gasteiger partial charge on any atom is 0.239 e. The minimum Gasteiger partial charge on any atom is -0.399 e. The molecule has 1 aliphatic heterocycles. The molecule has 1 heterocycles. The highest BCUT2D eigenvalue weighted by Crippen LogP contribution is 2.39. The summed E-state index contributed by atoms with van der Waals surface area (Å²) in [6.45, 7) is 0. The predicted molar refractivity (Wildman–Crippen MR) is 91.5 cm³/mol. The third-order valence-corrected chi connectivity index (χ3v) is 6.32.